The summed E-state index contributed by atoms with van der Waals surface area (Å²) in [5.74, 6) is 1.79. The molecule has 0 radical (unpaired) electrons. The van der Waals surface area contributed by atoms with Crippen LogP contribution in [0.15, 0.2) is 36.4 Å². The molecular weight excluding hydrogens is 304 g/mol. The van der Waals surface area contributed by atoms with E-state index in [0.717, 1.165) is 24.2 Å². The molecule has 0 aliphatic carbocycles. The molecule has 0 bridgehead atoms. The van der Waals surface area contributed by atoms with Crippen LogP contribution in [0.1, 0.15) is 35.3 Å². The lowest BCUT2D eigenvalue weighted by atomic mass is 10.0. The normalized spacial score (nSPS) is 10.3. The lowest BCUT2D eigenvalue weighted by molar-refractivity contribution is 0.0918. The van der Waals surface area contributed by atoms with Gasteiger partial charge in [-0.05, 0) is 42.2 Å². The van der Waals surface area contributed by atoms with Crippen molar-refractivity contribution in [1.82, 2.24) is 0 Å². The van der Waals surface area contributed by atoms with Crippen molar-refractivity contribution in [2.24, 2.45) is 0 Å². The van der Waals surface area contributed by atoms with Gasteiger partial charge in [-0.1, -0.05) is 26.0 Å². The van der Waals surface area contributed by atoms with E-state index in [1.807, 2.05) is 37.3 Å². The van der Waals surface area contributed by atoms with Crippen LogP contribution in [0.25, 0.3) is 0 Å². The summed E-state index contributed by atoms with van der Waals surface area (Å²) < 4.78 is 16.3. The molecule has 0 unspecified atom stereocenters. The summed E-state index contributed by atoms with van der Waals surface area (Å²) in [5, 5.41) is 0. The van der Waals surface area contributed by atoms with Crippen LogP contribution in [0.2, 0.25) is 0 Å². The molecule has 0 aromatic heterocycles. The van der Waals surface area contributed by atoms with E-state index in [-0.39, 0.29) is 12.4 Å². The Morgan fingerprint density at radius 1 is 0.917 bits per heavy atom. The zero-order valence-electron chi connectivity index (χ0n) is 14.7. The van der Waals surface area contributed by atoms with E-state index in [1.54, 1.807) is 20.3 Å². The van der Waals surface area contributed by atoms with Crippen LogP contribution < -0.4 is 14.2 Å². The van der Waals surface area contributed by atoms with Crippen molar-refractivity contribution in [2.75, 3.05) is 20.8 Å². The minimum Gasteiger partial charge on any atom is -0.496 e. The molecule has 0 atom stereocenters. The number of ketones is 1. The highest BCUT2D eigenvalue weighted by atomic mass is 16.5. The van der Waals surface area contributed by atoms with E-state index >= 15 is 0 Å². The van der Waals surface area contributed by atoms with Crippen LogP contribution >= 0.6 is 0 Å². The molecule has 128 valence electrons. The number of carbonyl (C=O) groups is 1. The quantitative estimate of drug-likeness (QED) is 0.685. The molecule has 0 fully saturated rings. The molecule has 0 spiro atoms. The molecule has 0 aliphatic rings. The first-order valence-corrected chi connectivity index (χ1v) is 8.12. The number of methoxy groups -OCH3 is 2. The number of benzene rings is 2. The van der Waals surface area contributed by atoms with Gasteiger partial charge in [0.1, 0.15) is 17.2 Å². The van der Waals surface area contributed by atoms with Crippen LogP contribution in [0.4, 0.5) is 0 Å². The molecule has 2 aromatic rings. The van der Waals surface area contributed by atoms with Crippen molar-refractivity contribution in [1.29, 1.82) is 0 Å². The van der Waals surface area contributed by atoms with Crippen LogP contribution in [0.5, 0.6) is 17.2 Å². The fraction of sp³-hybridized carbons (Fsp3) is 0.350. The van der Waals surface area contributed by atoms with Gasteiger partial charge in [0.2, 0.25) is 5.78 Å². The lowest BCUT2D eigenvalue weighted by Crippen LogP contribution is -2.13. The molecule has 2 rings (SSSR count). The van der Waals surface area contributed by atoms with Gasteiger partial charge in [-0.3, -0.25) is 4.79 Å². The molecule has 0 saturated carbocycles. The Bertz CT molecular complexity index is 690. The Hall–Kier alpha value is -2.49. The Morgan fingerprint density at radius 3 is 2.12 bits per heavy atom. The largest absolute Gasteiger partial charge is 0.496 e. The van der Waals surface area contributed by atoms with Gasteiger partial charge in [-0.2, -0.15) is 0 Å². The smallest absolute Gasteiger partial charge is 0.203 e. The van der Waals surface area contributed by atoms with E-state index in [2.05, 4.69) is 6.92 Å². The van der Waals surface area contributed by atoms with Crippen molar-refractivity contribution in [3.05, 3.63) is 53.1 Å². The number of Topliss-reactive ketones (excluding diaryl/α,β-unsaturated/α-hetero) is 1. The van der Waals surface area contributed by atoms with Gasteiger partial charge in [0, 0.05) is 6.07 Å². The second-order valence-electron chi connectivity index (χ2n) is 5.43. The van der Waals surface area contributed by atoms with E-state index < -0.39 is 0 Å². The predicted molar refractivity (Wildman–Crippen MR) is 94.6 cm³/mol. The maximum Gasteiger partial charge on any atom is 0.203 e. The number of hydrogen-bond donors (Lipinski definition) is 0. The molecular formula is C20H24O4. The molecule has 0 N–H and O–H groups in total. The SMILES string of the molecule is CCc1ccc(OCC(=O)c2cc(CC)c(OC)cc2OC)cc1. The molecule has 2 aromatic carbocycles. The molecule has 4 heteroatoms. The average molecular weight is 328 g/mol. The first-order valence-electron chi connectivity index (χ1n) is 8.12. The Labute approximate surface area is 143 Å². The molecule has 4 nitrogen and oxygen atoms in total. The molecule has 0 heterocycles. The van der Waals surface area contributed by atoms with Crippen LogP contribution in [-0.2, 0) is 12.8 Å². The lowest BCUT2D eigenvalue weighted by Gasteiger charge is -2.14. The highest BCUT2D eigenvalue weighted by Crippen LogP contribution is 2.30. The molecule has 0 amide bonds. The Morgan fingerprint density at radius 2 is 1.58 bits per heavy atom. The van der Waals surface area contributed by atoms with Crippen molar-refractivity contribution < 1.29 is 19.0 Å². The van der Waals surface area contributed by atoms with Gasteiger partial charge >= 0.3 is 0 Å². The molecule has 24 heavy (non-hydrogen) atoms. The third kappa shape index (κ3) is 4.07. The summed E-state index contributed by atoms with van der Waals surface area (Å²) in [6.07, 6.45) is 1.74. The van der Waals surface area contributed by atoms with Crippen molar-refractivity contribution >= 4 is 5.78 Å². The predicted octanol–water partition coefficient (Wildman–Crippen LogP) is 4.09. The van der Waals surface area contributed by atoms with Gasteiger partial charge in [0.05, 0.1) is 19.8 Å². The number of rotatable bonds is 8. The highest BCUT2D eigenvalue weighted by molar-refractivity contribution is 6.00. The summed E-state index contributed by atoms with van der Waals surface area (Å²) in [7, 11) is 3.15. The van der Waals surface area contributed by atoms with E-state index in [1.165, 1.54) is 5.56 Å². The van der Waals surface area contributed by atoms with E-state index in [9.17, 15) is 4.79 Å². The minimum absolute atomic E-state index is 0.0304. The first kappa shape index (κ1) is 17.9. The third-order valence-corrected chi connectivity index (χ3v) is 3.99. The van der Waals surface area contributed by atoms with Crippen LogP contribution in [0.3, 0.4) is 0 Å². The Kier molecular flexibility index (Phi) is 6.24. The average Bonchev–Trinajstić information content (AvgIpc) is 2.65. The fourth-order valence-electron chi connectivity index (χ4n) is 2.51. The van der Waals surface area contributed by atoms with Gasteiger partial charge in [0.25, 0.3) is 0 Å². The van der Waals surface area contributed by atoms with Crippen LogP contribution in [0, 0.1) is 0 Å². The maximum atomic E-state index is 12.5. The van der Waals surface area contributed by atoms with E-state index in [0.29, 0.717) is 17.1 Å². The van der Waals surface area contributed by atoms with Crippen molar-refractivity contribution in [3.8, 4) is 17.2 Å². The zero-order valence-corrected chi connectivity index (χ0v) is 14.7. The second-order valence-corrected chi connectivity index (χ2v) is 5.43. The van der Waals surface area contributed by atoms with Crippen molar-refractivity contribution in [2.45, 2.75) is 26.7 Å². The van der Waals surface area contributed by atoms with Gasteiger partial charge < -0.3 is 14.2 Å². The van der Waals surface area contributed by atoms with Crippen LogP contribution in [-0.4, -0.2) is 26.6 Å². The third-order valence-electron chi connectivity index (χ3n) is 3.99. The number of aryl methyl sites for hydroxylation is 2. The fourth-order valence-corrected chi connectivity index (χ4v) is 2.51. The maximum absolute atomic E-state index is 12.5. The van der Waals surface area contributed by atoms with Crippen molar-refractivity contribution in [3.63, 3.8) is 0 Å². The Balaban J connectivity index is 2.15. The van der Waals surface area contributed by atoms with Gasteiger partial charge in [0.15, 0.2) is 6.61 Å². The highest BCUT2D eigenvalue weighted by Gasteiger charge is 2.17. The minimum atomic E-state index is -0.122. The zero-order chi connectivity index (χ0) is 17.5. The summed E-state index contributed by atoms with van der Waals surface area (Å²) in [5.41, 5.74) is 2.72. The topological polar surface area (TPSA) is 44.8 Å². The summed E-state index contributed by atoms with van der Waals surface area (Å²) >= 11 is 0. The summed E-state index contributed by atoms with van der Waals surface area (Å²) in [6, 6.07) is 11.3. The second kappa shape index (κ2) is 8.39. The number of hydrogen-bond acceptors (Lipinski definition) is 4. The van der Waals surface area contributed by atoms with E-state index in [4.69, 9.17) is 14.2 Å². The monoisotopic (exact) mass is 328 g/mol. The first-order chi connectivity index (χ1) is 11.6. The molecule has 0 saturated heterocycles. The number of ether oxygens (including phenoxy) is 3. The molecule has 0 aliphatic heterocycles. The number of carbonyl (C=O) groups excluding carboxylic acids is 1. The summed E-state index contributed by atoms with van der Waals surface area (Å²) in [4.78, 5) is 12.5. The van der Waals surface area contributed by atoms with Gasteiger partial charge in [-0.25, -0.2) is 0 Å². The van der Waals surface area contributed by atoms with Gasteiger partial charge in [-0.15, -0.1) is 0 Å². The summed E-state index contributed by atoms with van der Waals surface area (Å²) in [6.45, 7) is 4.09. The standard InChI is InChI=1S/C20H24O4/c1-5-14-7-9-16(10-8-14)24-13-18(21)17-11-15(6-2)19(22-3)12-20(17)23-4/h7-12H,5-6,13H2,1-4H3.